The predicted molar refractivity (Wildman–Crippen MR) is 105 cm³/mol. The molecule has 0 amide bonds. The molecule has 1 aromatic carbocycles. The van der Waals surface area contributed by atoms with Gasteiger partial charge < -0.3 is 0 Å². The molecule has 0 bridgehead atoms. The summed E-state index contributed by atoms with van der Waals surface area (Å²) < 4.78 is 2.37. The van der Waals surface area contributed by atoms with Gasteiger partial charge in [0.2, 0.25) is 0 Å². The van der Waals surface area contributed by atoms with Crippen molar-refractivity contribution < 1.29 is 4.79 Å². The van der Waals surface area contributed by atoms with Crippen molar-refractivity contribution in [2.75, 3.05) is 0 Å². The zero-order valence-corrected chi connectivity index (χ0v) is 17.0. The van der Waals surface area contributed by atoms with E-state index in [2.05, 4.69) is 31.1 Å². The molecule has 0 radical (unpaired) electrons. The van der Waals surface area contributed by atoms with Gasteiger partial charge in [-0.15, -0.1) is 5.54 Å². The van der Waals surface area contributed by atoms with Gasteiger partial charge in [0, 0.05) is 12.6 Å². The van der Waals surface area contributed by atoms with Crippen molar-refractivity contribution >= 4 is 36.6 Å². The van der Waals surface area contributed by atoms with Crippen LogP contribution in [0.2, 0.25) is 19.6 Å². The first-order chi connectivity index (χ1) is 11.1. The van der Waals surface area contributed by atoms with Crippen molar-refractivity contribution in [1.82, 2.24) is 9.13 Å². The fourth-order valence-electron chi connectivity index (χ4n) is 1.93. The number of nitrogens with zero attached hydrogens (tertiary/aromatic N) is 2. The Kier molecular flexibility index (Phi) is 5.30. The molecule has 24 heavy (non-hydrogen) atoms. The molecule has 0 saturated carbocycles. The lowest BCUT2D eigenvalue weighted by Gasteiger charge is -2.10. The lowest BCUT2D eigenvalue weighted by Crippen LogP contribution is -2.45. The van der Waals surface area contributed by atoms with E-state index in [9.17, 15) is 14.4 Å². The molecule has 2 rings (SSSR count). The van der Waals surface area contributed by atoms with Gasteiger partial charge in [0.25, 0.3) is 11.5 Å². The minimum Gasteiger partial charge on any atom is -0.290 e. The quantitative estimate of drug-likeness (QED) is 0.288. The highest BCUT2D eigenvalue weighted by Gasteiger charge is 2.20. The molecule has 1 aromatic heterocycles. The van der Waals surface area contributed by atoms with Crippen LogP contribution in [-0.4, -0.2) is 23.1 Å². The molecule has 0 fully saturated rings. The minimum absolute atomic E-state index is 0.185. The van der Waals surface area contributed by atoms with Crippen LogP contribution in [-0.2, 0) is 7.05 Å². The largest absolute Gasteiger partial charge is 0.338 e. The van der Waals surface area contributed by atoms with Crippen LogP contribution in [0.3, 0.4) is 0 Å². The van der Waals surface area contributed by atoms with Gasteiger partial charge in [-0.1, -0.05) is 43.8 Å². The van der Waals surface area contributed by atoms with Gasteiger partial charge in [-0.2, -0.15) is 4.57 Å². The van der Waals surface area contributed by atoms with Crippen LogP contribution < -0.4 is 11.2 Å². The number of carbonyl (C=O) groups is 1. The van der Waals surface area contributed by atoms with Crippen LogP contribution in [0.4, 0.5) is 0 Å². The van der Waals surface area contributed by atoms with Crippen LogP contribution in [0.1, 0.15) is 15.9 Å². The number of benzene rings is 1. The van der Waals surface area contributed by atoms with E-state index in [0.29, 0.717) is 8.27 Å². The van der Waals surface area contributed by atoms with Crippen molar-refractivity contribution in [3.8, 4) is 11.5 Å². The zero-order chi connectivity index (χ0) is 18.1. The van der Waals surface area contributed by atoms with Gasteiger partial charge in [-0.3, -0.25) is 14.2 Å². The van der Waals surface area contributed by atoms with Crippen LogP contribution in [0, 0.1) is 15.2 Å². The van der Waals surface area contributed by atoms with Crippen molar-refractivity contribution in [2.24, 2.45) is 7.05 Å². The van der Waals surface area contributed by atoms with Crippen LogP contribution >= 0.6 is 22.6 Å². The second-order valence-corrected chi connectivity index (χ2v) is 12.1. The van der Waals surface area contributed by atoms with E-state index in [4.69, 9.17) is 0 Å². The third kappa shape index (κ3) is 3.76. The van der Waals surface area contributed by atoms with Crippen molar-refractivity contribution in [2.45, 2.75) is 19.6 Å². The molecular formula is C17H17IN2O3Si. The Balaban J connectivity index is 2.77. The van der Waals surface area contributed by atoms with E-state index in [1.165, 1.54) is 11.6 Å². The van der Waals surface area contributed by atoms with Gasteiger partial charge in [0.05, 0.1) is 0 Å². The van der Waals surface area contributed by atoms with E-state index in [1.807, 2.05) is 22.6 Å². The summed E-state index contributed by atoms with van der Waals surface area (Å²) in [5.74, 6) is 2.25. The van der Waals surface area contributed by atoms with E-state index in [-0.39, 0.29) is 11.1 Å². The first kappa shape index (κ1) is 18.4. The monoisotopic (exact) mass is 452 g/mol. The molecule has 0 unspecified atom stereocenters. The van der Waals surface area contributed by atoms with Gasteiger partial charge in [0.1, 0.15) is 17.3 Å². The highest BCUT2D eigenvalue weighted by Crippen LogP contribution is 2.06. The van der Waals surface area contributed by atoms with E-state index >= 15 is 0 Å². The first-order valence-corrected chi connectivity index (χ1v) is 11.9. The third-order valence-electron chi connectivity index (χ3n) is 3.18. The van der Waals surface area contributed by atoms with Gasteiger partial charge >= 0.3 is 5.69 Å². The molecule has 0 saturated heterocycles. The fraction of sp³-hybridized carbons (Fsp3) is 0.235. The SMILES string of the molecule is Cn1c(I)c(C#C[Si](C)(C)C)c(=O)n(C(=O)c2ccccc2)c1=O. The summed E-state index contributed by atoms with van der Waals surface area (Å²) in [6, 6.07) is 8.26. The number of halogens is 1. The third-order valence-corrected chi connectivity index (χ3v) is 5.32. The molecule has 124 valence electrons. The second-order valence-electron chi connectivity index (χ2n) is 6.32. The van der Waals surface area contributed by atoms with Crippen molar-refractivity contribution in [1.29, 1.82) is 0 Å². The highest BCUT2D eigenvalue weighted by molar-refractivity contribution is 14.1. The average molecular weight is 452 g/mol. The summed E-state index contributed by atoms with van der Waals surface area (Å²) in [6.07, 6.45) is 0. The van der Waals surface area contributed by atoms with E-state index in [1.54, 1.807) is 30.3 Å². The van der Waals surface area contributed by atoms with Crippen LogP contribution in [0.5, 0.6) is 0 Å². The van der Waals surface area contributed by atoms with Crippen LogP contribution in [0.25, 0.3) is 0 Å². The summed E-state index contributed by atoms with van der Waals surface area (Å²) in [5, 5.41) is 0. The Morgan fingerprint density at radius 1 is 1.12 bits per heavy atom. The molecule has 0 aliphatic heterocycles. The molecule has 0 spiro atoms. The standard InChI is InChI=1S/C17H17IN2O3Si/c1-19-14(18)13(10-11-24(2,3)4)16(22)20(17(19)23)15(21)12-8-6-5-7-9-12/h5-9H,1-4H3. The van der Waals surface area contributed by atoms with Crippen LogP contribution in [0.15, 0.2) is 39.9 Å². The lowest BCUT2D eigenvalue weighted by molar-refractivity contribution is 0.0948. The molecule has 0 N–H and O–H groups in total. The Bertz CT molecular complexity index is 974. The highest BCUT2D eigenvalue weighted by atomic mass is 127. The average Bonchev–Trinajstić information content (AvgIpc) is 2.52. The van der Waals surface area contributed by atoms with Gasteiger partial charge in [0.15, 0.2) is 0 Å². The Labute approximate surface area is 154 Å². The van der Waals surface area contributed by atoms with Gasteiger partial charge in [-0.05, 0) is 34.7 Å². The number of hydrogen-bond acceptors (Lipinski definition) is 3. The van der Waals surface area contributed by atoms with Crippen molar-refractivity contribution in [3.05, 3.63) is 66.0 Å². The maximum Gasteiger partial charge on any atom is 0.338 e. The summed E-state index contributed by atoms with van der Waals surface area (Å²) in [5.41, 5.74) is 2.25. The molecule has 7 heteroatoms. The fourth-order valence-corrected chi connectivity index (χ4v) is 3.00. The minimum atomic E-state index is -1.71. The van der Waals surface area contributed by atoms with Crippen molar-refractivity contribution in [3.63, 3.8) is 0 Å². The smallest absolute Gasteiger partial charge is 0.290 e. The Hall–Kier alpha value is -1.92. The molecule has 1 heterocycles. The normalized spacial score (nSPS) is 10.9. The number of rotatable bonds is 1. The van der Waals surface area contributed by atoms with Gasteiger partial charge in [-0.25, -0.2) is 4.79 Å². The molecule has 5 nitrogen and oxygen atoms in total. The summed E-state index contributed by atoms with van der Waals surface area (Å²) >= 11 is 1.91. The summed E-state index contributed by atoms with van der Waals surface area (Å²) in [7, 11) is -0.184. The Morgan fingerprint density at radius 3 is 2.25 bits per heavy atom. The summed E-state index contributed by atoms with van der Waals surface area (Å²) in [4.78, 5) is 37.8. The maximum absolute atomic E-state index is 12.7. The molecular weight excluding hydrogens is 435 g/mol. The van der Waals surface area contributed by atoms with E-state index < -0.39 is 25.2 Å². The number of aromatic nitrogens is 2. The summed E-state index contributed by atoms with van der Waals surface area (Å²) in [6.45, 7) is 6.17. The lowest BCUT2D eigenvalue weighted by atomic mass is 10.2. The zero-order valence-electron chi connectivity index (χ0n) is 13.9. The Morgan fingerprint density at radius 2 is 1.71 bits per heavy atom. The molecule has 0 aliphatic rings. The molecule has 0 atom stereocenters. The maximum atomic E-state index is 12.7. The number of hydrogen-bond donors (Lipinski definition) is 0. The topological polar surface area (TPSA) is 61.1 Å². The predicted octanol–water partition coefficient (Wildman–Crippen LogP) is 2.07. The first-order valence-electron chi connectivity index (χ1n) is 7.28. The molecule has 0 aliphatic carbocycles. The number of carbonyl (C=O) groups excluding carboxylic acids is 1. The second kappa shape index (κ2) is 6.90. The van der Waals surface area contributed by atoms with E-state index in [0.717, 1.165) is 0 Å². The molecule has 2 aromatic rings.